The number of H-pyrrole nitrogens is 1. The molecule has 2 heteroatoms. The van der Waals surface area contributed by atoms with Crippen LogP contribution in [-0.2, 0) is 6.42 Å². The Bertz CT molecular complexity index is 228. The van der Waals surface area contributed by atoms with E-state index in [9.17, 15) is 0 Å². The molecule has 0 spiro atoms. The molecule has 0 saturated heterocycles. The number of aromatic amines is 1. The van der Waals surface area contributed by atoms with E-state index >= 15 is 0 Å². The van der Waals surface area contributed by atoms with Crippen LogP contribution >= 0.6 is 0 Å². The highest BCUT2D eigenvalue weighted by atomic mass is 14.9. The fourth-order valence-electron chi connectivity index (χ4n) is 1.55. The lowest BCUT2D eigenvalue weighted by atomic mass is 10.0. The molecule has 0 saturated carbocycles. The normalized spacial score (nSPS) is 17.8. The predicted octanol–water partition coefficient (Wildman–Crippen LogP) is 1.92. The van der Waals surface area contributed by atoms with Crippen LogP contribution in [0.1, 0.15) is 18.5 Å². The van der Waals surface area contributed by atoms with Gasteiger partial charge in [0.1, 0.15) is 0 Å². The third kappa shape index (κ3) is 1.50. The molecule has 2 rings (SSSR count). The van der Waals surface area contributed by atoms with Crippen LogP contribution in [0, 0.1) is 5.92 Å². The van der Waals surface area contributed by atoms with Crippen LogP contribution in [0.2, 0.25) is 0 Å². The molecule has 0 fully saturated rings. The fourth-order valence-corrected chi connectivity index (χ4v) is 1.55. The molecule has 1 N–H and O–H groups in total. The van der Waals surface area contributed by atoms with Crippen LogP contribution in [0.25, 0.3) is 0 Å². The summed E-state index contributed by atoms with van der Waals surface area (Å²) in [6.45, 7) is 0. The largest absolute Gasteiger partial charge is 0.348 e. The molecule has 0 unspecified atom stereocenters. The Kier molecular flexibility index (Phi) is 1.76. The van der Waals surface area contributed by atoms with Crippen molar-refractivity contribution < 1.29 is 0 Å². The maximum atomic E-state index is 3.99. The Hall–Kier alpha value is -1.05. The zero-order valence-electron chi connectivity index (χ0n) is 6.46. The van der Waals surface area contributed by atoms with Gasteiger partial charge in [-0.1, -0.05) is 12.2 Å². The first-order chi connectivity index (χ1) is 5.45. The number of nitrogens with zero attached hydrogens (tertiary/aromatic N) is 1. The maximum Gasteiger partial charge on any atom is 0.0921 e. The molecule has 0 bridgehead atoms. The molecule has 1 aromatic heterocycles. The van der Waals surface area contributed by atoms with Crippen molar-refractivity contribution in [3.05, 3.63) is 30.4 Å². The summed E-state index contributed by atoms with van der Waals surface area (Å²) in [6.07, 6.45) is 11.8. The topological polar surface area (TPSA) is 28.7 Å². The molecule has 1 heterocycles. The Balaban J connectivity index is 1.91. The van der Waals surface area contributed by atoms with Crippen LogP contribution in [0.5, 0.6) is 0 Å². The average Bonchev–Trinajstić information content (AvgIpc) is 2.60. The van der Waals surface area contributed by atoms with Crippen LogP contribution in [0.3, 0.4) is 0 Å². The number of nitrogens with one attached hydrogen (secondary N) is 1. The highest BCUT2D eigenvalue weighted by molar-refractivity contribution is 5.02. The van der Waals surface area contributed by atoms with E-state index in [1.54, 1.807) is 6.33 Å². The number of imidazole rings is 1. The Morgan fingerprint density at radius 3 is 2.91 bits per heavy atom. The van der Waals surface area contributed by atoms with Gasteiger partial charge < -0.3 is 4.98 Å². The van der Waals surface area contributed by atoms with Crippen molar-refractivity contribution in [3.8, 4) is 0 Å². The summed E-state index contributed by atoms with van der Waals surface area (Å²) in [5.41, 5.74) is 1.26. The molecule has 11 heavy (non-hydrogen) atoms. The van der Waals surface area contributed by atoms with Gasteiger partial charge in [-0.15, -0.1) is 0 Å². The zero-order chi connectivity index (χ0) is 7.52. The van der Waals surface area contributed by atoms with Crippen molar-refractivity contribution >= 4 is 0 Å². The van der Waals surface area contributed by atoms with Crippen LogP contribution in [0.4, 0.5) is 0 Å². The second kappa shape index (κ2) is 2.91. The quantitative estimate of drug-likeness (QED) is 0.638. The molecule has 58 valence electrons. The molecule has 0 radical (unpaired) electrons. The number of rotatable bonds is 2. The Morgan fingerprint density at radius 2 is 2.27 bits per heavy atom. The van der Waals surface area contributed by atoms with E-state index in [1.165, 1.54) is 18.5 Å². The second-order valence-electron chi connectivity index (χ2n) is 3.09. The van der Waals surface area contributed by atoms with Crippen molar-refractivity contribution in [1.82, 2.24) is 9.97 Å². The van der Waals surface area contributed by atoms with Gasteiger partial charge in [0.25, 0.3) is 0 Å². The highest BCUT2D eigenvalue weighted by Gasteiger charge is 2.10. The lowest BCUT2D eigenvalue weighted by Gasteiger charge is -2.05. The maximum absolute atomic E-state index is 3.99. The Labute approximate surface area is 66.4 Å². The van der Waals surface area contributed by atoms with Gasteiger partial charge in [0, 0.05) is 11.9 Å². The smallest absolute Gasteiger partial charge is 0.0921 e. The zero-order valence-corrected chi connectivity index (χ0v) is 6.46. The van der Waals surface area contributed by atoms with Gasteiger partial charge in [-0.25, -0.2) is 4.98 Å². The van der Waals surface area contributed by atoms with Crippen LogP contribution < -0.4 is 0 Å². The third-order valence-electron chi connectivity index (χ3n) is 2.17. The minimum absolute atomic E-state index is 0.815. The van der Waals surface area contributed by atoms with E-state index < -0.39 is 0 Å². The molecule has 0 aromatic carbocycles. The van der Waals surface area contributed by atoms with Gasteiger partial charge in [-0.05, 0) is 25.2 Å². The monoisotopic (exact) mass is 148 g/mol. The summed E-state index contributed by atoms with van der Waals surface area (Å²) >= 11 is 0. The number of hydrogen-bond donors (Lipinski definition) is 1. The van der Waals surface area contributed by atoms with E-state index in [0.717, 1.165) is 12.3 Å². The second-order valence-corrected chi connectivity index (χ2v) is 3.09. The van der Waals surface area contributed by atoms with Crippen molar-refractivity contribution in [2.45, 2.75) is 19.3 Å². The number of aromatic nitrogens is 2. The summed E-state index contributed by atoms with van der Waals surface area (Å²) in [5, 5.41) is 0. The fraction of sp³-hybridized carbons (Fsp3) is 0.444. The summed E-state index contributed by atoms with van der Waals surface area (Å²) in [6, 6.07) is 0. The standard InChI is InChI=1S/C9H12N2/c1-2-4-8(3-1)5-9-6-10-7-11-9/h1-2,6-8H,3-5H2,(H,10,11). The first-order valence-electron chi connectivity index (χ1n) is 4.07. The van der Waals surface area contributed by atoms with Crippen molar-refractivity contribution in [2.75, 3.05) is 0 Å². The summed E-state index contributed by atoms with van der Waals surface area (Å²) in [5.74, 6) is 0.815. The lowest BCUT2D eigenvalue weighted by molar-refractivity contribution is 0.561. The van der Waals surface area contributed by atoms with E-state index in [2.05, 4.69) is 22.1 Å². The van der Waals surface area contributed by atoms with Gasteiger partial charge in [0.05, 0.1) is 6.33 Å². The first-order valence-corrected chi connectivity index (χ1v) is 4.07. The van der Waals surface area contributed by atoms with E-state index in [1.807, 2.05) is 6.20 Å². The summed E-state index contributed by atoms with van der Waals surface area (Å²) in [4.78, 5) is 7.11. The predicted molar refractivity (Wildman–Crippen MR) is 44.2 cm³/mol. The number of hydrogen-bond acceptors (Lipinski definition) is 1. The van der Waals surface area contributed by atoms with Gasteiger partial charge >= 0.3 is 0 Å². The molecule has 1 aromatic rings. The molecule has 1 aliphatic carbocycles. The van der Waals surface area contributed by atoms with Crippen molar-refractivity contribution in [2.24, 2.45) is 5.92 Å². The molecule has 2 nitrogen and oxygen atoms in total. The van der Waals surface area contributed by atoms with E-state index in [4.69, 9.17) is 0 Å². The van der Waals surface area contributed by atoms with Gasteiger partial charge in [0.2, 0.25) is 0 Å². The summed E-state index contributed by atoms with van der Waals surface area (Å²) in [7, 11) is 0. The van der Waals surface area contributed by atoms with Gasteiger partial charge in [-0.2, -0.15) is 0 Å². The van der Waals surface area contributed by atoms with Crippen molar-refractivity contribution in [1.29, 1.82) is 0 Å². The molecule has 1 aliphatic rings. The Morgan fingerprint density at radius 1 is 1.45 bits per heavy atom. The first kappa shape index (κ1) is 6.65. The molecular weight excluding hydrogens is 136 g/mol. The molecule has 0 amide bonds. The lowest BCUT2D eigenvalue weighted by Crippen LogP contribution is -1.98. The highest BCUT2D eigenvalue weighted by Crippen LogP contribution is 2.20. The van der Waals surface area contributed by atoms with Crippen molar-refractivity contribution in [3.63, 3.8) is 0 Å². The van der Waals surface area contributed by atoms with Gasteiger partial charge in [-0.3, -0.25) is 0 Å². The average molecular weight is 148 g/mol. The minimum atomic E-state index is 0.815. The van der Waals surface area contributed by atoms with E-state index in [-0.39, 0.29) is 0 Å². The van der Waals surface area contributed by atoms with Gasteiger partial charge in [0.15, 0.2) is 0 Å². The third-order valence-corrected chi connectivity index (χ3v) is 2.17. The summed E-state index contributed by atoms with van der Waals surface area (Å²) < 4.78 is 0. The SMILES string of the molecule is C1=CCC(Cc2cnc[nH]2)C1. The van der Waals surface area contributed by atoms with E-state index in [0.29, 0.717) is 0 Å². The van der Waals surface area contributed by atoms with Crippen LogP contribution in [-0.4, -0.2) is 9.97 Å². The molecule has 0 aliphatic heterocycles. The molecule has 0 atom stereocenters. The minimum Gasteiger partial charge on any atom is -0.348 e. The molecular formula is C9H12N2. The number of allylic oxidation sites excluding steroid dienone is 2. The van der Waals surface area contributed by atoms with Crippen LogP contribution in [0.15, 0.2) is 24.7 Å².